The fraction of sp³-hybridized carbons (Fsp3) is 0.462. The van der Waals surface area contributed by atoms with E-state index in [0.29, 0.717) is 0 Å². The zero-order valence-electron chi connectivity index (χ0n) is 10.6. The van der Waals surface area contributed by atoms with Gasteiger partial charge in [-0.1, -0.05) is 6.07 Å². The summed E-state index contributed by atoms with van der Waals surface area (Å²) in [6.07, 6.45) is 0.357. The molecule has 0 spiro atoms. The molecule has 0 aliphatic heterocycles. The van der Waals surface area contributed by atoms with E-state index in [1.54, 1.807) is 22.7 Å². The first-order valence-electron chi connectivity index (χ1n) is 6.01. The monoisotopic (exact) mass is 282 g/mol. The summed E-state index contributed by atoms with van der Waals surface area (Å²) in [4.78, 5) is 5.44. The Labute approximate surface area is 116 Å². The van der Waals surface area contributed by atoms with Crippen LogP contribution in [0.3, 0.4) is 0 Å². The molecule has 0 aliphatic rings. The lowest BCUT2D eigenvalue weighted by Crippen LogP contribution is -2.27. The lowest BCUT2D eigenvalue weighted by Gasteiger charge is -2.16. The average molecular weight is 282 g/mol. The molecule has 2 heterocycles. The van der Waals surface area contributed by atoms with Crippen molar-refractivity contribution < 1.29 is 5.11 Å². The molecule has 5 heteroatoms. The van der Waals surface area contributed by atoms with E-state index in [2.05, 4.69) is 22.6 Å². The summed E-state index contributed by atoms with van der Waals surface area (Å²) >= 11 is 3.28. The van der Waals surface area contributed by atoms with Crippen molar-refractivity contribution in [3.8, 4) is 0 Å². The van der Waals surface area contributed by atoms with Crippen LogP contribution in [0.15, 0.2) is 22.9 Å². The smallest absolute Gasteiger partial charge is 0.107 e. The van der Waals surface area contributed by atoms with Gasteiger partial charge in [0.25, 0.3) is 0 Å². The molecule has 2 aromatic rings. The van der Waals surface area contributed by atoms with E-state index in [0.717, 1.165) is 28.5 Å². The van der Waals surface area contributed by atoms with Crippen molar-refractivity contribution in [3.63, 3.8) is 0 Å². The van der Waals surface area contributed by atoms with Gasteiger partial charge in [-0.25, -0.2) is 4.98 Å². The molecule has 0 radical (unpaired) electrons. The van der Waals surface area contributed by atoms with Gasteiger partial charge in [0, 0.05) is 28.5 Å². The fourth-order valence-corrected chi connectivity index (χ4v) is 3.21. The summed E-state index contributed by atoms with van der Waals surface area (Å²) in [6.45, 7) is 4.87. The second-order valence-corrected chi connectivity index (χ2v) is 6.35. The molecule has 98 valence electrons. The molecule has 0 unspecified atom stereocenters. The summed E-state index contributed by atoms with van der Waals surface area (Å²) in [5, 5.41) is 18.6. The van der Waals surface area contributed by atoms with E-state index >= 15 is 0 Å². The summed E-state index contributed by atoms with van der Waals surface area (Å²) in [5.74, 6) is 0. The van der Waals surface area contributed by atoms with Crippen LogP contribution in [0.1, 0.15) is 35.0 Å². The van der Waals surface area contributed by atoms with Crippen molar-refractivity contribution in [1.82, 2.24) is 10.3 Å². The highest BCUT2D eigenvalue weighted by Gasteiger charge is 2.13. The molecule has 0 fully saturated rings. The third kappa shape index (κ3) is 3.88. The van der Waals surface area contributed by atoms with Gasteiger partial charge in [-0.3, -0.25) is 0 Å². The molecule has 0 aromatic carbocycles. The highest BCUT2D eigenvalue weighted by Crippen LogP contribution is 2.22. The molecule has 3 nitrogen and oxygen atoms in total. The van der Waals surface area contributed by atoms with Crippen LogP contribution in [-0.4, -0.2) is 16.1 Å². The first-order valence-corrected chi connectivity index (χ1v) is 7.77. The zero-order valence-corrected chi connectivity index (χ0v) is 12.2. The molecular weight excluding hydrogens is 264 g/mol. The number of hydrogen-bond acceptors (Lipinski definition) is 5. The highest BCUT2D eigenvalue weighted by atomic mass is 32.1. The number of thiophene rings is 1. The number of aliphatic hydroxyl groups excluding tert-OH is 1. The van der Waals surface area contributed by atoms with Gasteiger partial charge in [0.2, 0.25) is 0 Å². The first-order chi connectivity index (χ1) is 8.65. The first kappa shape index (κ1) is 13.7. The number of aliphatic hydroxyl groups is 1. The zero-order chi connectivity index (χ0) is 13.0. The Morgan fingerprint density at radius 1 is 1.44 bits per heavy atom. The van der Waals surface area contributed by atoms with E-state index in [1.165, 1.54) is 0 Å². The van der Waals surface area contributed by atoms with E-state index in [1.807, 2.05) is 24.4 Å². The maximum atomic E-state index is 10.0. The van der Waals surface area contributed by atoms with Crippen LogP contribution in [0.5, 0.6) is 0 Å². The van der Waals surface area contributed by atoms with Gasteiger partial charge < -0.3 is 10.4 Å². The third-order valence-electron chi connectivity index (χ3n) is 2.72. The Balaban J connectivity index is 1.76. The number of hydrogen-bond donors (Lipinski definition) is 2. The van der Waals surface area contributed by atoms with E-state index < -0.39 is 0 Å². The van der Waals surface area contributed by atoms with Crippen LogP contribution in [0.2, 0.25) is 0 Å². The Kier molecular flexibility index (Phi) is 4.88. The van der Waals surface area contributed by atoms with Gasteiger partial charge in [-0.2, -0.15) is 0 Å². The number of aromatic nitrogens is 1. The Hall–Kier alpha value is -0.750. The van der Waals surface area contributed by atoms with Crippen molar-refractivity contribution in [2.24, 2.45) is 0 Å². The van der Waals surface area contributed by atoms with E-state index in [4.69, 9.17) is 0 Å². The van der Waals surface area contributed by atoms with Gasteiger partial charge in [0.1, 0.15) is 5.01 Å². The molecule has 2 rings (SSSR count). The highest BCUT2D eigenvalue weighted by molar-refractivity contribution is 7.10. The maximum Gasteiger partial charge on any atom is 0.107 e. The predicted molar refractivity (Wildman–Crippen MR) is 77.0 cm³/mol. The molecule has 2 atom stereocenters. The quantitative estimate of drug-likeness (QED) is 0.855. The van der Waals surface area contributed by atoms with Crippen molar-refractivity contribution >= 4 is 22.7 Å². The molecule has 18 heavy (non-hydrogen) atoms. The lowest BCUT2D eigenvalue weighted by molar-refractivity contribution is 0.157. The van der Waals surface area contributed by atoms with Gasteiger partial charge >= 0.3 is 0 Å². The predicted octanol–water partition coefficient (Wildman–Crippen LogP) is 3.11. The number of rotatable bonds is 6. The standard InChI is InChI=1S/C13H18N2OS2/c1-9(6-11(16)12-4-3-5-17-12)14-7-13-15-10(2)8-18-13/h3-5,8-9,11,14,16H,6-7H2,1-2H3/t9-,11+/m1/s1. The Morgan fingerprint density at radius 3 is 2.89 bits per heavy atom. The topological polar surface area (TPSA) is 45.1 Å². The maximum absolute atomic E-state index is 10.0. The largest absolute Gasteiger partial charge is 0.388 e. The SMILES string of the molecule is Cc1csc(CN[C@H](C)C[C@H](O)c2cccs2)n1. The minimum absolute atomic E-state index is 0.270. The van der Waals surface area contributed by atoms with Crippen molar-refractivity contribution in [3.05, 3.63) is 38.5 Å². The summed E-state index contributed by atoms with van der Waals surface area (Å²) in [6, 6.07) is 4.22. The molecule has 0 saturated heterocycles. The summed E-state index contributed by atoms with van der Waals surface area (Å²) in [7, 11) is 0. The normalized spacial score (nSPS) is 14.6. The van der Waals surface area contributed by atoms with Gasteiger partial charge in [-0.05, 0) is 31.7 Å². The Morgan fingerprint density at radius 2 is 2.28 bits per heavy atom. The lowest BCUT2D eigenvalue weighted by atomic mass is 10.1. The molecule has 0 amide bonds. The third-order valence-corrected chi connectivity index (χ3v) is 4.66. The van der Waals surface area contributed by atoms with Gasteiger partial charge in [0.15, 0.2) is 0 Å². The van der Waals surface area contributed by atoms with Crippen LogP contribution < -0.4 is 5.32 Å². The molecule has 2 aromatic heterocycles. The van der Waals surface area contributed by atoms with Crippen LogP contribution in [-0.2, 0) is 6.54 Å². The van der Waals surface area contributed by atoms with Gasteiger partial charge in [0.05, 0.1) is 6.10 Å². The minimum Gasteiger partial charge on any atom is -0.388 e. The number of aryl methyl sites for hydroxylation is 1. The second kappa shape index (κ2) is 6.43. The van der Waals surface area contributed by atoms with Crippen LogP contribution in [0.4, 0.5) is 0 Å². The Bertz CT molecular complexity index is 467. The van der Waals surface area contributed by atoms with E-state index in [-0.39, 0.29) is 12.1 Å². The molecule has 0 bridgehead atoms. The van der Waals surface area contributed by atoms with Crippen LogP contribution in [0, 0.1) is 6.92 Å². The number of nitrogens with one attached hydrogen (secondary N) is 1. The average Bonchev–Trinajstić information content (AvgIpc) is 2.97. The summed E-state index contributed by atoms with van der Waals surface area (Å²) < 4.78 is 0. The van der Waals surface area contributed by atoms with Crippen molar-refractivity contribution in [2.75, 3.05) is 0 Å². The van der Waals surface area contributed by atoms with Crippen LogP contribution >= 0.6 is 22.7 Å². The molecule has 0 aliphatic carbocycles. The molecule has 2 N–H and O–H groups in total. The van der Waals surface area contributed by atoms with Gasteiger partial charge in [-0.15, -0.1) is 22.7 Å². The van der Waals surface area contributed by atoms with Crippen LogP contribution in [0.25, 0.3) is 0 Å². The van der Waals surface area contributed by atoms with Crippen molar-refractivity contribution in [2.45, 2.75) is 39.0 Å². The fourth-order valence-electron chi connectivity index (χ4n) is 1.76. The second-order valence-electron chi connectivity index (χ2n) is 4.43. The number of nitrogens with zero attached hydrogens (tertiary/aromatic N) is 1. The minimum atomic E-state index is -0.370. The summed E-state index contributed by atoms with van der Waals surface area (Å²) in [5.41, 5.74) is 1.07. The molecule has 0 saturated carbocycles. The van der Waals surface area contributed by atoms with Crippen molar-refractivity contribution in [1.29, 1.82) is 0 Å². The molecular formula is C13H18N2OS2. The van der Waals surface area contributed by atoms with E-state index in [9.17, 15) is 5.11 Å². The number of thiazole rings is 1.